The third-order valence-corrected chi connectivity index (χ3v) is 2.73. The summed E-state index contributed by atoms with van der Waals surface area (Å²) in [5.74, 6) is 0. The Balaban J connectivity index is 3.62. The summed E-state index contributed by atoms with van der Waals surface area (Å²) in [6.45, 7) is 8.97. The van der Waals surface area contributed by atoms with Gasteiger partial charge in [-0.15, -0.1) is 0 Å². The molecule has 0 radical (unpaired) electrons. The predicted octanol–water partition coefficient (Wildman–Crippen LogP) is 4.07. The van der Waals surface area contributed by atoms with Gasteiger partial charge in [-0.1, -0.05) is 43.3 Å². The minimum Gasteiger partial charge on any atom is -0.380 e. The number of allylic oxidation sites excluding steroid dienone is 1. The van der Waals surface area contributed by atoms with E-state index in [1.165, 1.54) is 6.42 Å². The van der Waals surface area contributed by atoms with Gasteiger partial charge < -0.3 is 5.32 Å². The first-order valence-electron chi connectivity index (χ1n) is 4.64. The zero-order valence-corrected chi connectivity index (χ0v) is 9.97. The fraction of sp³-hybridized carbons (Fsp3) is 0.600. The molecule has 0 aliphatic rings. The molecule has 0 aliphatic carbocycles. The molecule has 0 bridgehead atoms. The second-order valence-electron chi connectivity index (χ2n) is 2.74. The van der Waals surface area contributed by atoms with Crippen LogP contribution in [0.3, 0.4) is 0 Å². The van der Waals surface area contributed by atoms with Crippen molar-refractivity contribution < 1.29 is 0 Å². The zero-order chi connectivity index (χ0) is 10.1. The van der Waals surface area contributed by atoms with E-state index in [0.29, 0.717) is 0 Å². The maximum absolute atomic E-state index is 5.98. The van der Waals surface area contributed by atoms with Gasteiger partial charge in [0.1, 0.15) is 0 Å². The van der Waals surface area contributed by atoms with Gasteiger partial charge in [-0.05, 0) is 25.2 Å². The Bertz CT molecular complexity index is 178. The van der Waals surface area contributed by atoms with E-state index in [4.69, 9.17) is 11.6 Å². The van der Waals surface area contributed by atoms with Crippen LogP contribution in [0, 0.1) is 0 Å². The second kappa shape index (κ2) is 8.52. The van der Waals surface area contributed by atoms with Crippen LogP contribution in [0.25, 0.3) is 0 Å². The molecule has 13 heavy (non-hydrogen) atoms. The summed E-state index contributed by atoms with van der Waals surface area (Å²) in [4.78, 5) is 0. The monoisotopic (exact) mass is 219 g/mol. The van der Waals surface area contributed by atoms with Crippen molar-refractivity contribution in [2.45, 2.75) is 33.1 Å². The van der Waals surface area contributed by atoms with E-state index in [0.717, 1.165) is 29.4 Å². The van der Waals surface area contributed by atoms with Gasteiger partial charge in [0.25, 0.3) is 0 Å². The van der Waals surface area contributed by atoms with Crippen LogP contribution in [0.4, 0.5) is 0 Å². The molecule has 3 heteroatoms. The molecule has 0 amide bonds. The quantitative estimate of drug-likeness (QED) is 0.693. The van der Waals surface area contributed by atoms with Crippen molar-refractivity contribution in [1.29, 1.82) is 0 Å². The lowest BCUT2D eigenvalue weighted by Gasteiger charge is -2.03. The van der Waals surface area contributed by atoms with Gasteiger partial charge in [-0.2, -0.15) is 0 Å². The first kappa shape index (κ1) is 12.9. The third-order valence-electron chi connectivity index (χ3n) is 1.47. The molecule has 0 unspecified atom stereocenters. The lowest BCUT2D eigenvalue weighted by molar-refractivity contribution is 0.808. The highest BCUT2D eigenvalue weighted by Gasteiger charge is 1.93. The smallest absolute Gasteiger partial charge is 0.0651 e. The highest BCUT2D eigenvalue weighted by Crippen LogP contribution is 2.20. The van der Waals surface area contributed by atoms with E-state index < -0.39 is 0 Å². The molecule has 0 heterocycles. The number of thioether (sulfide) groups is 1. The number of nitrogens with one attached hydrogen (secondary N) is 1. The zero-order valence-electron chi connectivity index (χ0n) is 8.40. The van der Waals surface area contributed by atoms with Crippen LogP contribution in [-0.4, -0.2) is 6.54 Å². The molecule has 0 aromatic carbocycles. The summed E-state index contributed by atoms with van der Waals surface area (Å²) >= 11 is 7.54. The first-order valence-corrected chi connectivity index (χ1v) is 5.90. The molecule has 0 aromatic heterocycles. The third kappa shape index (κ3) is 8.26. The average Bonchev–Trinajstić information content (AvgIpc) is 2.12. The lowest BCUT2D eigenvalue weighted by Crippen LogP contribution is -2.07. The number of rotatable bonds is 7. The van der Waals surface area contributed by atoms with E-state index in [9.17, 15) is 0 Å². The normalized spacial score (nSPS) is 11.5. The van der Waals surface area contributed by atoms with Gasteiger partial charge >= 0.3 is 0 Å². The number of halogens is 1. The van der Waals surface area contributed by atoms with Gasteiger partial charge in [0.05, 0.1) is 5.03 Å². The Hall–Kier alpha value is -0.0800. The highest BCUT2D eigenvalue weighted by atomic mass is 35.5. The van der Waals surface area contributed by atoms with E-state index in [-0.39, 0.29) is 0 Å². The summed E-state index contributed by atoms with van der Waals surface area (Å²) in [5, 5.41) is 6.96. The van der Waals surface area contributed by atoms with E-state index in [1.54, 1.807) is 11.8 Å². The molecule has 0 atom stereocenters. The largest absolute Gasteiger partial charge is 0.380 e. The SMILES string of the molecule is C=C(NCC)S/C=C(/Cl)CCCC. The Morgan fingerprint density at radius 2 is 2.23 bits per heavy atom. The molecule has 1 N–H and O–H groups in total. The van der Waals surface area contributed by atoms with Crippen LogP contribution < -0.4 is 5.32 Å². The lowest BCUT2D eigenvalue weighted by atomic mass is 10.2. The van der Waals surface area contributed by atoms with Gasteiger partial charge in [0, 0.05) is 11.6 Å². The van der Waals surface area contributed by atoms with Crippen LogP contribution in [0.15, 0.2) is 22.0 Å². The Morgan fingerprint density at radius 1 is 1.54 bits per heavy atom. The predicted molar refractivity (Wildman–Crippen MR) is 63.9 cm³/mol. The second-order valence-corrected chi connectivity index (χ2v) is 4.19. The van der Waals surface area contributed by atoms with Crippen molar-refractivity contribution in [2.24, 2.45) is 0 Å². The molecule has 76 valence electrons. The Morgan fingerprint density at radius 3 is 2.77 bits per heavy atom. The van der Waals surface area contributed by atoms with Crippen LogP contribution in [-0.2, 0) is 0 Å². The maximum atomic E-state index is 5.98. The van der Waals surface area contributed by atoms with Crippen molar-refractivity contribution in [2.75, 3.05) is 6.54 Å². The van der Waals surface area contributed by atoms with Crippen molar-refractivity contribution in [3.63, 3.8) is 0 Å². The minimum absolute atomic E-state index is 0.909. The standard InChI is InChI=1S/C10H18ClNS/c1-4-6-7-10(11)8-13-9(3)12-5-2/h8,12H,3-7H2,1-2H3/b10-8+. The Kier molecular flexibility index (Phi) is 8.46. The van der Waals surface area contributed by atoms with Crippen molar-refractivity contribution >= 4 is 23.4 Å². The van der Waals surface area contributed by atoms with Crippen molar-refractivity contribution in [3.05, 3.63) is 22.0 Å². The van der Waals surface area contributed by atoms with Crippen LogP contribution >= 0.6 is 23.4 Å². The van der Waals surface area contributed by atoms with E-state index in [2.05, 4.69) is 18.8 Å². The summed E-state index contributed by atoms with van der Waals surface area (Å²) < 4.78 is 0. The van der Waals surface area contributed by atoms with E-state index in [1.807, 2.05) is 12.3 Å². The molecular formula is C10H18ClNS. The van der Waals surface area contributed by atoms with Crippen molar-refractivity contribution in [1.82, 2.24) is 5.32 Å². The number of hydrogen-bond acceptors (Lipinski definition) is 2. The summed E-state index contributed by atoms with van der Waals surface area (Å²) in [6, 6.07) is 0. The molecular weight excluding hydrogens is 202 g/mol. The number of hydrogen-bond donors (Lipinski definition) is 1. The first-order chi connectivity index (χ1) is 6.20. The van der Waals surface area contributed by atoms with E-state index >= 15 is 0 Å². The maximum Gasteiger partial charge on any atom is 0.0651 e. The van der Waals surface area contributed by atoms with Gasteiger partial charge in [0.2, 0.25) is 0 Å². The molecule has 0 rings (SSSR count). The van der Waals surface area contributed by atoms with Crippen molar-refractivity contribution in [3.8, 4) is 0 Å². The minimum atomic E-state index is 0.909. The summed E-state index contributed by atoms with van der Waals surface area (Å²) in [7, 11) is 0. The average molecular weight is 220 g/mol. The molecule has 0 fully saturated rings. The molecule has 0 spiro atoms. The topological polar surface area (TPSA) is 12.0 Å². The van der Waals surface area contributed by atoms with Crippen LogP contribution in [0.5, 0.6) is 0 Å². The van der Waals surface area contributed by atoms with Gasteiger partial charge in [-0.25, -0.2) is 0 Å². The van der Waals surface area contributed by atoms with Gasteiger partial charge in [-0.3, -0.25) is 0 Å². The van der Waals surface area contributed by atoms with Crippen LogP contribution in [0.2, 0.25) is 0 Å². The fourth-order valence-corrected chi connectivity index (χ4v) is 1.66. The Labute approximate surface area is 90.6 Å². The molecule has 0 saturated carbocycles. The molecule has 0 saturated heterocycles. The molecule has 0 aliphatic heterocycles. The molecule has 1 nitrogen and oxygen atoms in total. The number of unbranched alkanes of at least 4 members (excludes halogenated alkanes) is 1. The van der Waals surface area contributed by atoms with Gasteiger partial charge in [0.15, 0.2) is 0 Å². The fourth-order valence-electron chi connectivity index (χ4n) is 0.778. The summed E-state index contributed by atoms with van der Waals surface area (Å²) in [5.41, 5.74) is 0. The highest BCUT2D eigenvalue weighted by molar-refractivity contribution is 8.05. The summed E-state index contributed by atoms with van der Waals surface area (Å²) in [6.07, 6.45) is 3.32. The van der Waals surface area contributed by atoms with Crippen LogP contribution in [0.1, 0.15) is 33.1 Å². The molecule has 0 aromatic rings.